The summed E-state index contributed by atoms with van der Waals surface area (Å²) >= 11 is 0. The van der Waals surface area contributed by atoms with Crippen LogP contribution in [0.2, 0.25) is 0 Å². The highest BCUT2D eigenvalue weighted by Crippen LogP contribution is 2.33. The number of aryl methyl sites for hydroxylation is 2. The number of aromatic nitrogens is 1. The van der Waals surface area contributed by atoms with Crippen molar-refractivity contribution in [2.75, 3.05) is 0 Å². The molecule has 2 aromatic carbocycles. The summed E-state index contributed by atoms with van der Waals surface area (Å²) in [5.74, 6) is -0.774. The number of fused-ring (bicyclic) bond motifs is 1. The van der Waals surface area contributed by atoms with Crippen molar-refractivity contribution in [2.24, 2.45) is 0 Å². The lowest BCUT2D eigenvalue weighted by molar-refractivity contribution is -0.135. The Morgan fingerprint density at radius 1 is 1.13 bits per heavy atom. The van der Waals surface area contributed by atoms with Crippen LogP contribution in [0.25, 0.3) is 10.8 Å². The summed E-state index contributed by atoms with van der Waals surface area (Å²) in [6.07, 6.45) is 2.62. The molecule has 7 heteroatoms. The lowest BCUT2D eigenvalue weighted by Gasteiger charge is -2.22. The molecule has 3 aromatic rings. The first-order valence-electron chi connectivity index (χ1n) is 10.3. The average Bonchev–Trinajstić information content (AvgIpc) is 3.05. The highest BCUT2D eigenvalue weighted by atomic mass is 16.3. The van der Waals surface area contributed by atoms with Crippen molar-refractivity contribution in [3.05, 3.63) is 64.8 Å². The van der Waals surface area contributed by atoms with Crippen molar-refractivity contribution >= 4 is 28.5 Å². The van der Waals surface area contributed by atoms with Gasteiger partial charge in [-0.25, -0.2) is 0 Å². The minimum Gasteiger partial charge on any atom is -0.494 e. The maximum atomic E-state index is 12.3. The Bertz CT molecular complexity index is 1190. The molecule has 160 valence electrons. The van der Waals surface area contributed by atoms with E-state index in [1.807, 2.05) is 44.2 Å². The second-order valence-electron chi connectivity index (χ2n) is 8.12. The van der Waals surface area contributed by atoms with Gasteiger partial charge in [0.05, 0.1) is 6.42 Å². The van der Waals surface area contributed by atoms with Crippen LogP contribution in [0.5, 0.6) is 5.88 Å². The van der Waals surface area contributed by atoms with Crippen LogP contribution in [0.3, 0.4) is 0 Å². The highest BCUT2D eigenvalue weighted by Gasteiger charge is 2.30. The fourth-order valence-corrected chi connectivity index (χ4v) is 3.93. The Morgan fingerprint density at radius 3 is 2.65 bits per heavy atom. The molecule has 4 rings (SSSR count). The first kappa shape index (κ1) is 20.7. The van der Waals surface area contributed by atoms with E-state index in [2.05, 4.69) is 10.6 Å². The van der Waals surface area contributed by atoms with E-state index in [0.29, 0.717) is 24.8 Å². The number of carbonyl (C=O) groups excluding carboxylic acids is 3. The number of nitrogens with one attached hydrogen (secondary N) is 2. The summed E-state index contributed by atoms with van der Waals surface area (Å²) < 4.78 is 1.51. The van der Waals surface area contributed by atoms with Gasteiger partial charge in [0.15, 0.2) is 5.88 Å². The van der Waals surface area contributed by atoms with E-state index in [1.54, 1.807) is 12.3 Å². The lowest BCUT2D eigenvalue weighted by Crippen LogP contribution is -2.41. The SMILES string of the molecule is Cc1ccc(CC(=O)NCc2ccc3c(O)n(C4CCC(=O)NC4=O)cc3c2)cc1C. The minimum atomic E-state index is -0.619. The van der Waals surface area contributed by atoms with Crippen LogP contribution in [-0.2, 0) is 27.3 Å². The zero-order chi connectivity index (χ0) is 22.1. The van der Waals surface area contributed by atoms with E-state index in [4.69, 9.17) is 0 Å². The molecule has 1 saturated heterocycles. The van der Waals surface area contributed by atoms with Crippen molar-refractivity contribution in [2.45, 2.75) is 45.7 Å². The van der Waals surface area contributed by atoms with Crippen LogP contribution in [0, 0.1) is 13.8 Å². The molecule has 1 aliphatic heterocycles. The number of hydrogen-bond acceptors (Lipinski definition) is 4. The Balaban J connectivity index is 1.45. The maximum absolute atomic E-state index is 12.3. The molecule has 1 aliphatic rings. The molecule has 1 fully saturated rings. The fourth-order valence-electron chi connectivity index (χ4n) is 3.93. The number of piperidine rings is 1. The molecule has 3 N–H and O–H groups in total. The number of amides is 3. The van der Waals surface area contributed by atoms with Crippen LogP contribution in [0.15, 0.2) is 42.6 Å². The molecular weight excluding hydrogens is 394 g/mol. The third kappa shape index (κ3) is 4.30. The quantitative estimate of drug-likeness (QED) is 0.554. The Morgan fingerprint density at radius 2 is 1.90 bits per heavy atom. The van der Waals surface area contributed by atoms with E-state index in [0.717, 1.165) is 22.1 Å². The molecule has 0 radical (unpaired) electrons. The van der Waals surface area contributed by atoms with Gasteiger partial charge in [0.2, 0.25) is 17.7 Å². The number of carbonyl (C=O) groups is 3. The number of aromatic hydroxyl groups is 1. The topological polar surface area (TPSA) is 100 Å². The number of nitrogens with zero attached hydrogens (tertiary/aromatic N) is 1. The number of imide groups is 1. The summed E-state index contributed by atoms with van der Waals surface area (Å²) in [5.41, 5.74) is 4.23. The van der Waals surface area contributed by atoms with Crippen LogP contribution in [-0.4, -0.2) is 27.4 Å². The molecule has 1 unspecified atom stereocenters. The van der Waals surface area contributed by atoms with Crippen molar-refractivity contribution < 1.29 is 19.5 Å². The lowest BCUT2D eigenvalue weighted by atomic mass is 10.0. The summed E-state index contributed by atoms with van der Waals surface area (Å²) in [6.45, 7) is 4.44. The summed E-state index contributed by atoms with van der Waals surface area (Å²) in [7, 11) is 0. The van der Waals surface area contributed by atoms with Gasteiger partial charge >= 0.3 is 0 Å². The summed E-state index contributed by atoms with van der Waals surface area (Å²) in [4.78, 5) is 35.9. The first-order valence-corrected chi connectivity index (χ1v) is 10.3. The van der Waals surface area contributed by atoms with Gasteiger partial charge in [0.1, 0.15) is 6.04 Å². The Labute approximate surface area is 180 Å². The molecule has 0 spiro atoms. The van der Waals surface area contributed by atoms with Gasteiger partial charge in [0.25, 0.3) is 0 Å². The standard InChI is InChI=1S/C24H25N3O4/c1-14-3-4-16(9-15(14)2)11-22(29)25-12-17-5-6-19-18(10-17)13-27(24(19)31)20-7-8-21(28)26-23(20)30/h3-6,9-10,13,20,31H,7-8,11-12H2,1-2H3,(H,25,29)(H,26,28,30). The zero-order valence-electron chi connectivity index (χ0n) is 17.6. The first-order chi connectivity index (χ1) is 14.8. The molecule has 1 atom stereocenters. The van der Waals surface area contributed by atoms with Crippen LogP contribution in [0.1, 0.15) is 41.1 Å². The molecule has 3 amide bonds. The molecule has 7 nitrogen and oxygen atoms in total. The smallest absolute Gasteiger partial charge is 0.249 e. The van der Waals surface area contributed by atoms with Gasteiger partial charge in [-0.15, -0.1) is 0 Å². The number of benzene rings is 2. The third-order valence-corrected chi connectivity index (χ3v) is 5.85. The molecule has 1 aromatic heterocycles. The van der Waals surface area contributed by atoms with Gasteiger partial charge in [-0.2, -0.15) is 0 Å². The summed E-state index contributed by atoms with van der Waals surface area (Å²) in [6, 6.07) is 10.9. The largest absolute Gasteiger partial charge is 0.494 e. The minimum absolute atomic E-state index is 0.00479. The maximum Gasteiger partial charge on any atom is 0.249 e. The highest BCUT2D eigenvalue weighted by molar-refractivity contribution is 6.00. The zero-order valence-corrected chi connectivity index (χ0v) is 17.6. The van der Waals surface area contributed by atoms with E-state index in [9.17, 15) is 19.5 Å². The van der Waals surface area contributed by atoms with E-state index in [1.165, 1.54) is 10.1 Å². The fraction of sp³-hybridized carbons (Fsp3) is 0.292. The van der Waals surface area contributed by atoms with Crippen molar-refractivity contribution in [3.63, 3.8) is 0 Å². The van der Waals surface area contributed by atoms with Gasteiger partial charge in [-0.1, -0.05) is 24.3 Å². The Hall–Kier alpha value is -3.61. The second-order valence-corrected chi connectivity index (χ2v) is 8.12. The molecule has 0 saturated carbocycles. The van der Waals surface area contributed by atoms with Gasteiger partial charge in [-0.05, 0) is 54.7 Å². The van der Waals surface area contributed by atoms with Gasteiger partial charge < -0.3 is 15.0 Å². The van der Waals surface area contributed by atoms with E-state index in [-0.39, 0.29) is 24.1 Å². The van der Waals surface area contributed by atoms with Crippen LogP contribution < -0.4 is 10.6 Å². The molecule has 0 bridgehead atoms. The molecule has 0 aliphatic carbocycles. The normalized spacial score (nSPS) is 16.4. The third-order valence-electron chi connectivity index (χ3n) is 5.85. The van der Waals surface area contributed by atoms with Crippen molar-refractivity contribution in [1.82, 2.24) is 15.2 Å². The predicted molar refractivity (Wildman–Crippen MR) is 116 cm³/mol. The monoisotopic (exact) mass is 419 g/mol. The number of rotatable bonds is 5. The van der Waals surface area contributed by atoms with E-state index < -0.39 is 11.9 Å². The number of hydrogen-bond donors (Lipinski definition) is 3. The van der Waals surface area contributed by atoms with Crippen molar-refractivity contribution in [3.8, 4) is 5.88 Å². The summed E-state index contributed by atoms with van der Waals surface area (Å²) in [5, 5.41) is 17.2. The van der Waals surface area contributed by atoms with Gasteiger partial charge in [-0.3, -0.25) is 19.7 Å². The second kappa shape index (κ2) is 8.26. The predicted octanol–water partition coefficient (Wildman–Crippen LogP) is 2.80. The molecular formula is C24H25N3O4. The van der Waals surface area contributed by atoms with E-state index >= 15 is 0 Å². The van der Waals surface area contributed by atoms with Crippen LogP contribution in [0.4, 0.5) is 0 Å². The average molecular weight is 419 g/mol. The molecule has 2 heterocycles. The molecule has 31 heavy (non-hydrogen) atoms. The van der Waals surface area contributed by atoms with Crippen LogP contribution >= 0.6 is 0 Å². The van der Waals surface area contributed by atoms with Crippen molar-refractivity contribution in [1.29, 1.82) is 0 Å². The van der Waals surface area contributed by atoms with Gasteiger partial charge in [0, 0.05) is 29.9 Å². The Kier molecular flexibility index (Phi) is 5.50.